The van der Waals surface area contributed by atoms with Crippen LogP contribution in [0.1, 0.15) is 149 Å². The van der Waals surface area contributed by atoms with E-state index in [4.69, 9.17) is 28.4 Å². The van der Waals surface area contributed by atoms with Crippen molar-refractivity contribution in [1.82, 2.24) is 15.8 Å². The lowest BCUT2D eigenvalue weighted by atomic mass is 9.72. The Labute approximate surface area is 411 Å². The summed E-state index contributed by atoms with van der Waals surface area (Å²) in [4.78, 5) is 43.8. The van der Waals surface area contributed by atoms with Crippen LogP contribution in [0.25, 0.3) is 0 Å². The number of nitrogens with zero attached hydrogens (tertiary/aromatic N) is 1. The number of carbonyl (C=O) groups is 3. The number of carbonyl (C=O) groups excluding carboxylic acids is 3. The maximum Gasteiger partial charge on any atom is 0.269 e. The highest BCUT2D eigenvalue weighted by atomic mass is 16.8. The fraction of sp³-hybridized carbons (Fsp3) is 0.796. The standard InChI is InChI=1S/C54H85N3O12/c1-11-40(50(62)56-55-49(61)39-17-15-38(16-18-39)31-57-26-28-64-29-27-57)42-19-14-32(4)47(66-42)36(8)45(59)35(7)46(60)41(12-2)48-33(5)30-34(6)53(67-48)23-20-43(58)54(69-53)25-24-51(10,68-54)44-21-22-52(63,13-3)37(9)65-44/h15-18,20,23,32-37,40-45,47-48,58-59,63H,11-14,19,21-22,24-31H2,1-10H3,(H,55,61)(H,56,62)/t32?,33-,34+,35-,36-,37-,40+,41-,42+,43+,44+,45+,47+,48-,51-,52+,53-,54-/m0/s1. The number of aliphatic hydroxyl groups excluding tert-OH is 2. The smallest absolute Gasteiger partial charge is 0.269 e. The van der Waals surface area contributed by atoms with Gasteiger partial charge < -0.3 is 43.7 Å². The number of hydrogen-bond donors (Lipinski definition) is 5. The van der Waals surface area contributed by atoms with Gasteiger partial charge in [0.25, 0.3) is 5.91 Å². The van der Waals surface area contributed by atoms with Crippen molar-refractivity contribution in [2.45, 2.75) is 205 Å². The molecule has 0 radical (unpaired) electrons. The summed E-state index contributed by atoms with van der Waals surface area (Å²) in [5.41, 5.74) is 5.11. The molecule has 1 unspecified atom stereocenters. The fourth-order valence-corrected chi connectivity index (χ4v) is 12.6. The van der Waals surface area contributed by atoms with Crippen molar-refractivity contribution in [2.24, 2.45) is 41.4 Å². The van der Waals surface area contributed by atoms with Gasteiger partial charge in [0, 0.05) is 55.3 Å². The van der Waals surface area contributed by atoms with Gasteiger partial charge in [-0.05, 0) is 113 Å². The maximum atomic E-state index is 14.7. The van der Waals surface area contributed by atoms with E-state index in [1.165, 1.54) is 0 Å². The molecule has 0 saturated carbocycles. The Kier molecular flexibility index (Phi) is 17.3. The topological polar surface area (TPSA) is 195 Å². The van der Waals surface area contributed by atoms with Crippen LogP contribution < -0.4 is 10.9 Å². The Morgan fingerprint density at radius 3 is 2.20 bits per heavy atom. The van der Waals surface area contributed by atoms with E-state index >= 15 is 0 Å². The number of amides is 2. The SMILES string of the molecule is CC[C@@H](C(=O)[C@@H](C)[C@@H](O)[C@H](C)[C@@H]1O[C@@H]([C@@H](CC)C(=O)NNC(=O)c2ccc(CN3CCOCC3)cc2)CCC1C)[C@H]1O[C@]2(C=C[C@@H](O)[C@]3(CC[C@@](C)([C@H]4CC[C@](O)(CC)[C@H](C)O4)O3)O2)[C@H](C)C[C@@H]1C. The summed E-state index contributed by atoms with van der Waals surface area (Å²) < 4.78 is 39.5. The largest absolute Gasteiger partial charge is 0.392 e. The van der Waals surface area contributed by atoms with Crippen LogP contribution in [-0.2, 0) is 44.6 Å². The van der Waals surface area contributed by atoms with Gasteiger partial charge in [-0.3, -0.25) is 30.1 Å². The number of nitrogens with one attached hydrogen (secondary N) is 2. The molecule has 1 aromatic rings. The molecule has 5 N–H and O–H groups in total. The zero-order chi connectivity index (χ0) is 50.1. The number of hydrogen-bond acceptors (Lipinski definition) is 13. The Morgan fingerprint density at radius 1 is 0.855 bits per heavy atom. The first-order valence-corrected chi connectivity index (χ1v) is 26.4. The predicted molar refractivity (Wildman–Crippen MR) is 259 cm³/mol. The molecule has 69 heavy (non-hydrogen) atoms. The van der Waals surface area contributed by atoms with Crippen LogP contribution >= 0.6 is 0 Å². The third-order valence-corrected chi connectivity index (χ3v) is 17.5. The Morgan fingerprint density at radius 2 is 1.55 bits per heavy atom. The van der Waals surface area contributed by atoms with Crippen LogP contribution in [0.2, 0.25) is 0 Å². The number of ketones is 1. The molecule has 18 atom stereocenters. The van der Waals surface area contributed by atoms with Crippen LogP contribution in [0.15, 0.2) is 36.4 Å². The van der Waals surface area contributed by atoms with Gasteiger partial charge in [-0.1, -0.05) is 67.5 Å². The Hall–Kier alpha value is -2.83. The number of hydrazine groups is 1. The molecule has 7 rings (SSSR count). The van der Waals surface area contributed by atoms with E-state index < -0.39 is 82.9 Å². The van der Waals surface area contributed by atoms with Crippen LogP contribution in [0, 0.1) is 41.4 Å². The molecule has 2 spiro atoms. The molecule has 15 nitrogen and oxygen atoms in total. The van der Waals surface area contributed by atoms with Gasteiger partial charge in [-0.15, -0.1) is 0 Å². The van der Waals surface area contributed by atoms with E-state index in [0.29, 0.717) is 63.4 Å². The minimum Gasteiger partial charge on any atom is -0.392 e. The van der Waals surface area contributed by atoms with Crippen molar-refractivity contribution in [3.05, 3.63) is 47.5 Å². The molecule has 6 aliphatic heterocycles. The number of Topliss-reactive ketones (excluding diaryl/α,β-unsaturated/α-hetero) is 1. The number of ether oxygens (including phenoxy) is 6. The Balaban J connectivity index is 0.962. The molecule has 6 aliphatic rings. The van der Waals surface area contributed by atoms with Gasteiger partial charge in [0.2, 0.25) is 11.7 Å². The predicted octanol–water partition coefficient (Wildman–Crippen LogP) is 6.40. The third kappa shape index (κ3) is 11.2. The molecule has 1 aromatic carbocycles. The third-order valence-electron chi connectivity index (χ3n) is 17.5. The van der Waals surface area contributed by atoms with Crippen LogP contribution in [-0.4, -0.2) is 130 Å². The highest BCUT2D eigenvalue weighted by molar-refractivity contribution is 5.95. The van der Waals surface area contributed by atoms with Gasteiger partial charge in [-0.2, -0.15) is 0 Å². The molecule has 388 valence electrons. The number of aliphatic hydroxyl groups is 3. The van der Waals surface area contributed by atoms with Gasteiger partial charge in [0.1, 0.15) is 11.9 Å². The molecule has 15 heteroatoms. The van der Waals surface area contributed by atoms with Crippen molar-refractivity contribution in [2.75, 3.05) is 26.3 Å². The molecule has 0 aliphatic carbocycles. The molecular weight excluding hydrogens is 883 g/mol. The van der Waals surface area contributed by atoms with E-state index in [0.717, 1.165) is 44.8 Å². The quantitative estimate of drug-likeness (QED) is 0.0959. The summed E-state index contributed by atoms with van der Waals surface area (Å²) in [5, 5.41) is 34.7. The van der Waals surface area contributed by atoms with Crippen molar-refractivity contribution in [1.29, 1.82) is 0 Å². The molecule has 2 amide bonds. The van der Waals surface area contributed by atoms with Crippen molar-refractivity contribution >= 4 is 17.6 Å². The summed E-state index contributed by atoms with van der Waals surface area (Å²) in [6.45, 7) is 23.7. The van der Waals surface area contributed by atoms with E-state index in [-0.39, 0.29) is 41.7 Å². The first kappa shape index (κ1) is 54.0. The second-order valence-corrected chi connectivity index (χ2v) is 22.1. The van der Waals surface area contributed by atoms with Crippen molar-refractivity contribution < 1.29 is 58.1 Å². The van der Waals surface area contributed by atoms with Crippen LogP contribution in [0.4, 0.5) is 0 Å². The first-order chi connectivity index (χ1) is 32.7. The molecule has 0 bridgehead atoms. The second kappa shape index (κ2) is 22.1. The zero-order valence-electron chi connectivity index (χ0n) is 43.1. The molecule has 6 heterocycles. The molecule has 5 saturated heterocycles. The minimum absolute atomic E-state index is 0.0132. The van der Waals surface area contributed by atoms with Gasteiger partial charge >= 0.3 is 0 Å². The summed E-state index contributed by atoms with van der Waals surface area (Å²) in [7, 11) is 0. The van der Waals surface area contributed by atoms with Gasteiger partial charge in [0.05, 0.1) is 67.0 Å². The van der Waals surface area contributed by atoms with E-state index in [2.05, 4.69) is 36.5 Å². The summed E-state index contributed by atoms with van der Waals surface area (Å²) in [5.74, 6) is -5.88. The lowest BCUT2D eigenvalue weighted by molar-refractivity contribution is -0.409. The molecule has 0 aromatic heterocycles. The zero-order valence-corrected chi connectivity index (χ0v) is 43.1. The lowest BCUT2D eigenvalue weighted by Gasteiger charge is -2.54. The monoisotopic (exact) mass is 968 g/mol. The summed E-state index contributed by atoms with van der Waals surface area (Å²) >= 11 is 0. The van der Waals surface area contributed by atoms with Crippen molar-refractivity contribution in [3.8, 4) is 0 Å². The normalized spacial score (nSPS) is 39.6. The summed E-state index contributed by atoms with van der Waals surface area (Å²) in [6, 6.07) is 7.39. The highest BCUT2D eigenvalue weighted by Crippen LogP contribution is 2.54. The Bertz CT molecular complexity index is 1950. The molecular formula is C54H85N3O12. The average Bonchev–Trinajstić information content (AvgIpc) is 3.69. The van der Waals surface area contributed by atoms with Gasteiger partial charge in [0.15, 0.2) is 5.79 Å². The second-order valence-electron chi connectivity index (χ2n) is 22.1. The summed E-state index contributed by atoms with van der Waals surface area (Å²) in [6.07, 6.45) is 5.21. The maximum absolute atomic E-state index is 14.7. The van der Waals surface area contributed by atoms with Gasteiger partial charge in [-0.25, -0.2) is 0 Å². The van der Waals surface area contributed by atoms with E-state index in [1.54, 1.807) is 31.2 Å². The number of morpholine rings is 1. The van der Waals surface area contributed by atoms with Crippen LogP contribution in [0.3, 0.4) is 0 Å². The highest BCUT2D eigenvalue weighted by Gasteiger charge is 2.63. The van der Waals surface area contributed by atoms with Crippen LogP contribution in [0.5, 0.6) is 0 Å². The van der Waals surface area contributed by atoms with E-state index in [1.807, 2.05) is 53.7 Å². The first-order valence-electron chi connectivity index (χ1n) is 26.4. The van der Waals surface area contributed by atoms with Crippen molar-refractivity contribution in [3.63, 3.8) is 0 Å². The average molecular weight is 968 g/mol. The molecule has 5 fully saturated rings. The fourth-order valence-electron chi connectivity index (χ4n) is 12.6. The lowest BCUT2D eigenvalue weighted by Crippen LogP contribution is -2.63. The minimum atomic E-state index is -1.39. The number of rotatable bonds is 15. The number of benzene rings is 1. The van der Waals surface area contributed by atoms with E-state index in [9.17, 15) is 29.7 Å².